The summed E-state index contributed by atoms with van der Waals surface area (Å²) in [5, 5.41) is 9.96. The summed E-state index contributed by atoms with van der Waals surface area (Å²) in [7, 11) is 0. The Morgan fingerprint density at radius 2 is 2.06 bits per heavy atom. The van der Waals surface area contributed by atoms with Gasteiger partial charge in [0.1, 0.15) is 0 Å². The summed E-state index contributed by atoms with van der Waals surface area (Å²) in [6.07, 6.45) is 1.77. The Morgan fingerprint density at radius 1 is 1.16 bits per heavy atom. The van der Waals surface area contributed by atoms with Crippen LogP contribution < -0.4 is 0 Å². The summed E-state index contributed by atoms with van der Waals surface area (Å²) >= 11 is 1.59. The molecular weight excluding hydrogens is 408 g/mol. The minimum Gasteiger partial charge on any atom is -0.462 e. The fourth-order valence-electron chi connectivity index (χ4n) is 3.24. The summed E-state index contributed by atoms with van der Waals surface area (Å²) in [5.74, 6) is 0.317. The summed E-state index contributed by atoms with van der Waals surface area (Å²) in [6, 6.07) is 21.0. The van der Waals surface area contributed by atoms with Crippen molar-refractivity contribution in [3.63, 3.8) is 0 Å². The number of nitriles is 1. The lowest BCUT2D eigenvalue weighted by Crippen LogP contribution is -2.05. The van der Waals surface area contributed by atoms with Gasteiger partial charge in [-0.15, -0.1) is 0 Å². The topological polar surface area (TPSA) is 80.8 Å². The van der Waals surface area contributed by atoms with Crippen LogP contribution in [-0.4, -0.2) is 27.1 Å². The molecule has 0 bridgehead atoms. The SMILES string of the molecule is CCOC(=O)c1ccc2c(c1)nc(SCc1cccc(C#N)c1)n2Cc1ccccn1. The number of hydrogen-bond donors (Lipinski definition) is 0. The monoisotopic (exact) mass is 428 g/mol. The van der Waals surface area contributed by atoms with Gasteiger partial charge in [0, 0.05) is 11.9 Å². The van der Waals surface area contributed by atoms with Crippen molar-refractivity contribution in [2.45, 2.75) is 24.4 Å². The van der Waals surface area contributed by atoms with E-state index in [0.717, 1.165) is 27.4 Å². The number of imidazole rings is 1. The zero-order valence-corrected chi connectivity index (χ0v) is 17.8. The van der Waals surface area contributed by atoms with Crippen LogP contribution in [0.4, 0.5) is 0 Å². The van der Waals surface area contributed by atoms with Crippen molar-refractivity contribution >= 4 is 28.8 Å². The van der Waals surface area contributed by atoms with Crippen molar-refractivity contribution in [3.05, 3.63) is 89.2 Å². The molecule has 2 heterocycles. The van der Waals surface area contributed by atoms with Gasteiger partial charge in [0.2, 0.25) is 0 Å². The van der Waals surface area contributed by atoms with Gasteiger partial charge in [-0.2, -0.15) is 5.26 Å². The van der Waals surface area contributed by atoms with Gasteiger partial charge in [-0.1, -0.05) is 30.0 Å². The molecule has 0 radical (unpaired) electrons. The Kier molecular flexibility index (Phi) is 6.29. The first kappa shape index (κ1) is 20.6. The Hall–Kier alpha value is -3.63. The standard InChI is InChI=1S/C24H20N4O2S/c1-2-30-23(29)19-9-10-22-21(13-19)27-24(28(22)15-20-8-3-4-11-26-20)31-16-18-7-5-6-17(12-18)14-25/h3-13H,2,15-16H2,1H3. The number of esters is 1. The first-order chi connectivity index (χ1) is 15.2. The minimum atomic E-state index is -0.355. The van der Waals surface area contributed by atoms with E-state index in [1.54, 1.807) is 43.1 Å². The van der Waals surface area contributed by atoms with E-state index >= 15 is 0 Å². The number of hydrogen-bond acceptors (Lipinski definition) is 6. The molecule has 2 aromatic heterocycles. The van der Waals surface area contributed by atoms with Crippen LogP contribution in [0, 0.1) is 11.3 Å². The van der Waals surface area contributed by atoms with Crippen LogP contribution >= 0.6 is 11.8 Å². The van der Waals surface area contributed by atoms with E-state index in [2.05, 4.69) is 15.6 Å². The van der Waals surface area contributed by atoms with E-state index in [4.69, 9.17) is 15.0 Å². The molecule has 0 spiro atoms. The summed E-state index contributed by atoms with van der Waals surface area (Å²) in [4.78, 5) is 21.4. The van der Waals surface area contributed by atoms with Crippen LogP contribution in [0.15, 0.2) is 72.0 Å². The van der Waals surface area contributed by atoms with Crippen LogP contribution in [-0.2, 0) is 17.0 Å². The van der Waals surface area contributed by atoms with Gasteiger partial charge in [0.15, 0.2) is 5.16 Å². The van der Waals surface area contributed by atoms with E-state index < -0.39 is 0 Å². The highest BCUT2D eigenvalue weighted by Gasteiger charge is 2.15. The van der Waals surface area contributed by atoms with Gasteiger partial charge in [-0.05, 0) is 55.0 Å². The predicted octanol–water partition coefficient (Wildman–Crippen LogP) is 4.82. The molecule has 4 aromatic rings. The Balaban J connectivity index is 1.69. The molecule has 6 nitrogen and oxygen atoms in total. The summed E-state index contributed by atoms with van der Waals surface area (Å²) in [6.45, 7) is 2.68. The summed E-state index contributed by atoms with van der Waals surface area (Å²) < 4.78 is 7.22. The maximum atomic E-state index is 12.1. The fourth-order valence-corrected chi connectivity index (χ4v) is 4.20. The number of benzene rings is 2. The van der Waals surface area contributed by atoms with Gasteiger partial charge in [-0.25, -0.2) is 9.78 Å². The molecule has 0 unspecified atom stereocenters. The van der Waals surface area contributed by atoms with Gasteiger partial charge in [0.05, 0.1) is 47.1 Å². The molecule has 4 rings (SSSR count). The molecule has 154 valence electrons. The zero-order chi connectivity index (χ0) is 21.6. The number of fused-ring (bicyclic) bond motifs is 1. The van der Waals surface area contributed by atoms with Gasteiger partial charge >= 0.3 is 5.97 Å². The van der Waals surface area contributed by atoms with Crippen LogP contribution in [0.3, 0.4) is 0 Å². The van der Waals surface area contributed by atoms with Crippen molar-refractivity contribution in [1.29, 1.82) is 5.26 Å². The van der Waals surface area contributed by atoms with Crippen LogP contribution in [0.2, 0.25) is 0 Å². The number of thioether (sulfide) groups is 1. The maximum Gasteiger partial charge on any atom is 0.338 e. The molecule has 0 aliphatic carbocycles. The number of pyridine rings is 1. The molecule has 0 saturated heterocycles. The third kappa shape index (κ3) is 4.76. The van der Waals surface area contributed by atoms with Crippen molar-refractivity contribution in [1.82, 2.24) is 14.5 Å². The molecule has 0 fully saturated rings. The first-order valence-electron chi connectivity index (χ1n) is 9.87. The zero-order valence-electron chi connectivity index (χ0n) is 17.0. The highest BCUT2D eigenvalue weighted by Crippen LogP contribution is 2.28. The molecule has 0 amide bonds. The molecular formula is C24H20N4O2S. The van der Waals surface area contributed by atoms with Gasteiger partial charge in [0.25, 0.3) is 0 Å². The van der Waals surface area contributed by atoms with Crippen molar-refractivity contribution in [2.75, 3.05) is 6.61 Å². The fraction of sp³-hybridized carbons (Fsp3) is 0.167. The van der Waals surface area contributed by atoms with Crippen molar-refractivity contribution in [2.24, 2.45) is 0 Å². The molecule has 31 heavy (non-hydrogen) atoms. The Labute approximate surface area is 184 Å². The van der Waals surface area contributed by atoms with Crippen molar-refractivity contribution < 1.29 is 9.53 Å². The highest BCUT2D eigenvalue weighted by molar-refractivity contribution is 7.98. The second-order valence-corrected chi connectivity index (χ2v) is 7.77. The smallest absolute Gasteiger partial charge is 0.338 e. The lowest BCUT2D eigenvalue weighted by Gasteiger charge is -2.09. The Morgan fingerprint density at radius 3 is 2.84 bits per heavy atom. The van der Waals surface area contributed by atoms with Crippen LogP contribution in [0.5, 0.6) is 0 Å². The first-order valence-corrected chi connectivity index (χ1v) is 10.9. The van der Waals surface area contributed by atoms with Crippen molar-refractivity contribution in [3.8, 4) is 6.07 Å². The van der Waals surface area contributed by atoms with E-state index in [0.29, 0.717) is 30.0 Å². The van der Waals surface area contributed by atoms with Gasteiger partial charge in [-0.3, -0.25) is 4.98 Å². The molecule has 0 N–H and O–H groups in total. The third-order valence-corrected chi connectivity index (χ3v) is 5.74. The number of carbonyl (C=O) groups excluding carboxylic acids is 1. The molecule has 0 aliphatic heterocycles. The number of aromatic nitrogens is 3. The number of rotatable bonds is 7. The molecule has 0 saturated carbocycles. The molecule has 7 heteroatoms. The molecule has 2 aromatic carbocycles. The number of ether oxygens (including phenoxy) is 1. The third-order valence-electron chi connectivity index (χ3n) is 4.69. The number of carbonyl (C=O) groups is 1. The normalized spacial score (nSPS) is 10.7. The molecule has 0 atom stereocenters. The van der Waals surface area contributed by atoms with Gasteiger partial charge < -0.3 is 9.30 Å². The largest absolute Gasteiger partial charge is 0.462 e. The lowest BCUT2D eigenvalue weighted by atomic mass is 10.2. The Bertz CT molecular complexity index is 1260. The van der Waals surface area contributed by atoms with E-state index in [1.165, 1.54) is 0 Å². The second kappa shape index (κ2) is 9.45. The summed E-state index contributed by atoms with van der Waals surface area (Å²) in [5.41, 5.74) is 4.74. The predicted molar refractivity (Wildman–Crippen MR) is 120 cm³/mol. The molecule has 0 aliphatic rings. The van der Waals surface area contributed by atoms with E-state index in [9.17, 15) is 4.79 Å². The van der Waals surface area contributed by atoms with E-state index in [1.807, 2.05) is 42.5 Å². The second-order valence-electron chi connectivity index (χ2n) is 6.83. The van der Waals surface area contributed by atoms with E-state index in [-0.39, 0.29) is 5.97 Å². The van der Waals surface area contributed by atoms with Crippen LogP contribution in [0.25, 0.3) is 11.0 Å². The van der Waals surface area contributed by atoms with Crippen LogP contribution in [0.1, 0.15) is 34.1 Å². The average molecular weight is 429 g/mol. The lowest BCUT2D eigenvalue weighted by molar-refractivity contribution is 0.0526. The minimum absolute atomic E-state index is 0.327. The quantitative estimate of drug-likeness (QED) is 0.310. The maximum absolute atomic E-state index is 12.1. The number of nitrogens with zero attached hydrogens (tertiary/aromatic N) is 4. The average Bonchev–Trinajstić information content (AvgIpc) is 3.15. The highest BCUT2D eigenvalue weighted by atomic mass is 32.2.